The number of aryl methyl sites for hydroxylation is 1. The smallest absolute Gasteiger partial charge is 0.311 e. The molecule has 4 rings (SSSR count). The van der Waals surface area contributed by atoms with Crippen molar-refractivity contribution in [3.05, 3.63) is 68.0 Å². The molecule has 1 saturated carbocycles. The van der Waals surface area contributed by atoms with E-state index >= 15 is 0 Å². The van der Waals surface area contributed by atoms with Crippen LogP contribution in [0.1, 0.15) is 73.5 Å². The van der Waals surface area contributed by atoms with E-state index in [1.807, 2.05) is 31.2 Å². The Morgan fingerprint density at radius 3 is 2.65 bits per heavy atom. The standard InChI is InChI=1S/C24H28N4O3/c1-5-11-28-21-20(22(29)26-24(28)31)18(13-19(25-21)15-9-10-15)23(30)27(4)17-8-6-7-16(12-17)14(2)3/h6-8,12-15H,5,9-11H2,1-4H3,(H,26,29,31). The van der Waals surface area contributed by atoms with Crippen LogP contribution in [0, 0.1) is 0 Å². The lowest BCUT2D eigenvalue weighted by Crippen LogP contribution is -2.34. The summed E-state index contributed by atoms with van der Waals surface area (Å²) in [6.45, 7) is 6.58. The highest BCUT2D eigenvalue weighted by Gasteiger charge is 2.29. The number of hydrogen-bond donors (Lipinski definition) is 1. The second-order valence-electron chi connectivity index (χ2n) is 8.59. The number of fused-ring (bicyclic) bond motifs is 1. The highest BCUT2D eigenvalue weighted by Crippen LogP contribution is 2.40. The Kier molecular flexibility index (Phi) is 5.52. The van der Waals surface area contributed by atoms with Gasteiger partial charge in [0.1, 0.15) is 0 Å². The highest BCUT2D eigenvalue weighted by molar-refractivity contribution is 6.12. The van der Waals surface area contributed by atoms with Crippen LogP contribution >= 0.6 is 0 Å². The van der Waals surface area contributed by atoms with Gasteiger partial charge in [-0.15, -0.1) is 0 Å². The third-order valence-electron chi connectivity index (χ3n) is 5.87. The quantitative estimate of drug-likeness (QED) is 0.657. The molecule has 31 heavy (non-hydrogen) atoms. The Labute approximate surface area is 180 Å². The van der Waals surface area contributed by atoms with Gasteiger partial charge in [0, 0.05) is 30.9 Å². The van der Waals surface area contributed by atoms with Crippen molar-refractivity contribution >= 4 is 22.6 Å². The van der Waals surface area contributed by atoms with E-state index in [9.17, 15) is 14.4 Å². The van der Waals surface area contributed by atoms with Crippen molar-refractivity contribution in [3.63, 3.8) is 0 Å². The molecule has 1 fully saturated rings. The lowest BCUT2D eigenvalue weighted by atomic mass is 10.0. The number of amides is 1. The molecule has 1 N–H and O–H groups in total. The van der Waals surface area contributed by atoms with Crippen molar-refractivity contribution < 1.29 is 4.79 Å². The van der Waals surface area contributed by atoms with Crippen LogP contribution in [0.25, 0.3) is 11.0 Å². The van der Waals surface area contributed by atoms with Crippen molar-refractivity contribution in [3.8, 4) is 0 Å². The average molecular weight is 421 g/mol. The van der Waals surface area contributed by atoms with Gasteiger partial charge in [-0.1, -0.05) is 32.9 Å². The molecule has 2 aromatic heterocycles. The topological polar surface area (TPSA) is 88.1 Å². The van der Waals surface area contributed by atoms with Crippen LogP contribution in [0.4, 0.5) is 5.69 Å². The van der Waals surface area contributed by atoms with E-state index in [2.05, 4.69) is 23.8 Å². The van der Waals surface area contributed by atoms with Crippen LogP contribution in [-0.2, 0) is 6.54 Å². The zero-order valence-electron chi connectivity index (χ0n) is 18.4. The van der Waals surface area contributed by atoms with Gasteiger partial charge < -0.3 is 4.90 Å². The summed E-state index contributed by atoms with van der Waals surface area (Å²) in [6.07, 6.45) is 2.71. The number of aromatic amines is 1. The summed E-state index contributed by atoms with van der Waals surface area (Å²) < 4.78 is 1.47. The van der Waals surface area contributed by atoms with E-state index in [-0.39, 0.29) is 22.8 Å². The monoisotopic (exact) mass is 420 g/mol. The van der Waals surface area contributed by atoms with Crippen molar-refractivity contribution in [1.82, 2.24) is 14.5 Å². The molecule has 1 aliphatic rings. The summed E-state index contributed by atoms with van der Waals surface area (Å²) in [7, 11) is 1.71. The van der Waals surface area contributed by atoms with E-state index in [0.29, 0.717) is 24.5 Å². The number of hydrogen-bond acceptors (Lipinski definition) is 4. The van der Waals surface area contributed by atoms with Gasteiger partial charge in [0.15, 0.2) is 5.65 Å². The second kappa shape index (κ2) is 8.13. The molecule has 7 nitrogen and oxygen atoms in total. The molecule has 2 heterocycles. The fourth-order valence-electron chi connectivity index (χ4n) is 3.87. The molecular formula is C24H28N4O3. The minimum absolute atomic E-state index is 0.175. The van der Waals surface area contributed by atoms with Crippen molar-refractivity contribution in [2.24, 2.45) is 0 Å². The molecule has 0 spiro atoms. The van der Waals surface area contributed by atoms with Gasteiger partial charge in [0.05, 0.1) is 10.9 Å². The SMILES string of the molecule is CCCn1c(=O)[nH]c(=O)c2c(C(=O)N(C)c3cccc(C(C)C)c3)cc(C3CC3)nc21. The third-order valence-corrected chi connectivity index (χ3v) is 5.87. The first-order chi connectivity index (χ1) is 14.8. The van der Waals surface area contributed by atoms with Crippen molar-refractivity contribution in [1.29, 1.82) is 0 Å². The predicted octanol–water partition coefficient (Wildman–Crippen LogP) is 3.77. The second-order valence-corrected chi connectivity index (χ2v) is 8.59. The molecule has 1 aromatic carbocycles. The van der Waals surface area contributed by atoms with Crippen LogP contribution in [0.15, 0.2) is 39.9 Å². The Balaban J connectivity index is 1.91. The number of H-pyrrole nitrogens is 1. The van der Waals surface area contributed by atoms with Crippen LogP contribution in [0.2, 0.25) is 0 Å². The van der Waals surface area contributed by atoms with Gasteiger partial charge in [-0.2, -0.15) is 0 Å². The normalized spacial score (nSPS) is 13.7. The molecule has 0 bridgehead atoms. The zero-order chi connectivity index (χ0) is 22.3. The van der Waals surface area contributed by atoms with Gasteiger partial charge in [0.2, 0.25) is 0 Å². The van der Waals surface area contributed by atoms with Crippen LogP contribution in [-0.4, -0.2) is 27.5 Å². The third kappa shape index (κ3) is 3.92. The summed E-state index contributed by atoms with van der Waals surface area (Å²) >= 11 is 0. The maximum atomic E-state index is 13.6. The molecule has 0 radical (unpaired) electrons. The van der Waals surface area contributed by atoms with Crippen molar-refractivity contribution in [2.45, 2.75) is 58.4 Å². The fraction of sp³-hybridized carbons (Fsp3) is 0.417. The molecule has 162 valence electrons. The Bertz CT molecular complexity index is 1270. The Hall–Kier alpha value is -3.22. The largest absolute Gasteiger partial charge is 0.329 e. The summed E-state index contributed by atoms with van der Waals surface area (Å²) in [5, 5.41) is 0.175. The molecular weight excluding hydrogens is 392 g/mol. The van der Waals surface area contributed by atoms with Gasteiger partial charge in [0.25, 0.3) is 11.5 Å². The van der Waals surface area contributed by atoms with Crippen LogP contribution in [0.3, 0.4) is 0 Å². The lowest BCUT2D eigenvalue weighted by Gasteiger charge is -2.20. The van der Waals surface area contributed by atoms with Crippen LogP contribution < -0.4 is 16.1 Å². The molecule has 0 unspecified atom stereocenters. The number of nitrogens with zero attached hydrogens (tertiary/aromatic N) is 3. The number of pyridine rings is 1. The molecule has 3 aromatic rings. The average Bonchev–Trinajstić information content (AvgIpc) is 3.60. The molecule has 1 aliphatic carbocycles. The molecule has 0 saturated heterocycles. The molecule has 0 aliphatic heterocycles. The molecule has 7 heteroatoms. The minimum atomic E-state index is -0.574. The Morgan fingerprint density at radius 1 is 1.26 bits per heavy atom. The predicted molar refractivity (Wildman–Crippen MR) is 122 cm³/mol. The number of benzene rings is 1. The van der Waals surface area contributed by atoms with E-state index in [1.165, 1.54) is 4.57 Å². The van der Waals surface area contributed by atoms with E-state index in [1.54, 1.807) is 18.0 Å². The van der Waals surface area contributed by atoms with Crippen molar-refractivity contribution in [2.75, 3.05) is 11.9 Å². The van der Waals surface area contributed by atoms with E-state index in [0.717, 1.165) is 29.8 Å². The molecule has 0 atom stereocenters. The summed E-state index contributed by atoms with van der Waals surface area (Å²) in [6, 6.07) is 9.58. The van der Waals surface area contributed by atoms with E-state index < -0.39 is 11.2 Å². The first-order valence-corrected chi connectivity index (χ1v) is 10.9. The fourth-order valence-corrected chi connectivity index (χ4v) is 3.87. The number of nitrogens with one attached hydrogen (secondary N) is 1. The minimum Gasteiger partial charge on any atom is -0.311 e. The van der Waals surface area contributed by atoms with E-state index in [4.69, 9.17) is 0 Å². The van der Waals surface area contributed by atoms with Gasteiger partial charge in [-0.05, 0) is 48.9 Å². The lowest BCUT2D eigenvalue weighted by molar-refractivity contribution is 0.0994. The first kappa shape index (κ1) is 21.0. The molecule has 1 amide bonds. The summed E-state index contributed by atoms with van der Waals surface area (Å²) in [5.41, 5.74) is 2.18. The summed E-state index contributed by atoms with van der Waals surface area (Å²) in [4.78, 5) is 47.4. The number of rotatable bonds is 6. The number of carbonyl (C=O) groups is 1. The summed E-state index contributed by atoms with van der Waals surface area (Å²) in [5.74, 6) is 0.315. The van der Waals surface area contributed by atoms with Gasteiger partial charge >= 0.3 is 5.69 Å². The van der Waals surface area contributed by atoms with Gasteiger partial charge in [-0.3, -0.25) is 19.1 Å². The maximum absolute atomic E-state index is 13.6. The zero-order valence-corrected chi connectivity index (χ0v) is 18.4. The first-order valence-electron chi connectivity index (χ1n) is 10.9. The number of aromatic nitrogens is 3. The van der Waals surface area contributed by atoms with Gasteiger partial charge in [-0.25, -0.2) is 9.78 Å². The highest BCUT2D eigenvalue weighted by atomic mass is 16.2. The number of anilines is 1. The maximum Gasteiger partial charge on any atom is 0.329 e. The number of carbonyl (C=O) groups excluding carboxylic acids is 1. The van der Waals surface area contributed by atoms with Crippen LogP contribution in [0.5, 0.6) is 0 Å². The Morgan fingerprint density at radius 2 is 2.00 bits per heavy atom.